The minimum Gasteiger partial charge on any atom is -0.480 e. The first-order valence-corrected chi connectivity index (χ1v) is 6.15. The van der Waals surface area contributed by atoms with Gasteiger partial charge in [-0.15, -0.1) is 11.8 Å². The van der Waals surface area contributed by atoms with Crippen molar-refractivity contribution in [2.45, 2.75) is 31.8 Å². The Bertz CT molecular complexity index is 242. The SMILES string of the molecule is CCCC(NC(=O)C1CSCN1)C(=O)O. The molecule has 2 unspecified atom stereocenters. The van der Waals surface area contributed by atoms with Crippen LogP contribution in [-0.4, -0.2) is 40.7 Å². The molecule has 0 saturated carbocycles. The van der Waals surface area contributed by atoms with E-state index < -0.39 is 12.0 Å². The zero-order valence-corrected chi connectivity index (χ0v) is 9.47. The van der Waals surface area contributed by atoms with Crippen molar-refractivity contribution in [3.63, 3.8) is 0 Å². The molecule has 6 heteroatoms. The summed E-state index contributed by atoms with van der Waals surface area (Å²) >= 11 is 1.64. The Kier molecular flexibility index (Phi) is 4.90. The van der Waals surface area contributed by atoms with Gasteiger partial charge in [-0.1, -0.05) is 13.3 Å². The molecule has 0 aromatic heterocycles. The predicted octanol–water partition coefficient (Wildman–Crippen LogP) is 0.0184. The molecule has 0 radical (unpaired) electrons. The van der Waals surface area contributed by atoms with Crippen molar-refractivity contribution in [1.29, 1.82) is 0 Å². The van der Waals surface area contributed by atoms with Crippen LogP contribution in [-0.2, 0) is 9.59 Å². The topological polar surface area (TPSA) is 78.4 Å². The van der Waals surface area contributed by atoms with Crippen LogP contribution in [0.25, 0.3) is 0 Å². The fourth-order valence-electron chi connectivity index (χ4n) is 1.38. The van der Waals surface area contributed by atoms with E-state index in [4.69, 9.17) is 5.11 Å². The first kappa shape index (κ1) is 12.3. The van der Waals surface area contributed by atoms with Crippen molar-refractivity contribution in [2.75, 3.05) is 11.6 Å². The van der Waals surface area contributed by atoms with Gasteiger partial charge in [-0.2, -0.15) is 0 Å². The summed E-state index contributed by atoms with van der Waals surface area (Å²) in [6.45, 7) is 1.89. The fourth-order valence-corrected chi connectivity index (χ4v) is 2.32. The third-order valence-electron chi connectivity index (χ3n) is 2.22. The number of aliphatic carboxylic acids is 1. The lowest BCUT2D eigenvalue weighted by Crippen LogP contribution is -2.49. The third-order valence-corrected chi connectivity index (χ3v) is 3.16. The van der Waals surface area contributed by atoms with Gasteiger partial charge in [0, 0.05) is 11.6 Å². The van der Waals surface area contributed by atoms with Gasteiger partial charge >= 0.3 is 5.97 Å². The van der Waals surface area contributed by atoms with Crippen molar-refractivity contribution in [2.24, 2.45) is 0 Å². The number of thioether (sulfide) groups is 1. The summed E-state index contributed by atoms with van der Waals surface area (Å²) < 4.78 is 0. The van der Waals surface area contributed by atoms with E-state index in [9.17, 15) is 9.59 Å². The van der Waals surface area contributed by atoms with E-state index in [0.29, 0.717) is 12.2 Å². The molecule has 0 spiro atoms. The first-order valence-electron chi connectivity index (χ1n) is 4.99. The summed E-state index contributed by atoms with van der Waals surface area (Å²) in [7, 11) is 0. The van der Waals surface area contributed by atoms with E-state index in [1.165, 1.54) is 0 Å². The summed E-state index contributed by atoms with van der Waals surface area (Å²) in [6.07, 6.45) is 1.21. The van der Waals surface area contributed by atoms with Crippen LogP contribution in [0.5, 0.6) is 0 Å². The van der Waals surface area contributed by atoms with Gasteiger partial charge in [-0.25, -0.2) is 4.79 Å². The predicted molar refractivity (Wildman–Crippen MR) is 58.7 cm³/mol. The van der Waals surface area contributed by atoms with Crippen LogP contribution in [0, 0.1) is 0 Å². The van der Waals surface area contributed by atoms with Gasteiger partial charge < -0.3 is 10.4 Å². The number of carboxylic acids is 1. The number of hydrogen-bond acceptors (Lipinski definition) is 4. The van der Waals surface area contributed by atoms with Crippen LogP contribution in [0.15, 0.2) is 0 Å². The number of carbonyl (C=O) groups excluding carboxylic acids is 1. The third kappa shape index (κ3) is 3.71. The molecular formula is C9H16N2O3S. The molecule has 2 atom stereocenters. The normalized spacial score (nSPS) is 22.3. The lowest BCUT2D eigenvalue weighted by atomic mass is 10.1. The molecule has 1 fully saturated rings. The Balaban J connectivity index is 2.42. The van der Waals surface area contributed by atoms with E-state index in [0.717, 1.165) is 12.3 Å². The maximum absolute atomic E-state index is 11.6. The summed E-state index contributed by atoms with van der Waals surface area (Å²) in [5.41, 5.74) is 0. The summed E-state index contributed by atoms with van der Waals surface area (Å²) in [4.78, 5) is 22.4. The van der Waals surface area contributed by atoms with Crippen molar-refractivity contribution >= 4 is 23.6 Å². The van der Waals surface area contributed by atoms with Crippen molar-refractivity contribution in [1.82, 2.24) is 10.6 Å². The summed E-state index contributed by atoms with van der Waals surface area (Å²) in [6, 6.07) is -0.997. The average Bonchev–Trinajstić information content (AvgIpc) is 2.69. The highest BCUT2D eigenvalue weighted by Crippen LogP contribution is 2.10. The highest BCUT2D eigenvalue weighted by Gasteiger charge is 2.26. The van der Waals surface area contributed by atoms with Crippen LogP contribution in [0.4, 0.5) is 0 Å². The zero-order chi connectivity index (χ0) is 11.3. The number of nitrogens with one attached hydrogen (secondary N) is 2. The molecule has 0 aromatic carbocycles. The largest absolute Gasteiger partial charge is 0.480 e. The van der Waals surface area contributed by atoms with Gasteiger partial charge in [0.1, 0.15) is 6.04 Å². The zero-order valence-electron chi connectivity index (χ0n) is 8.66. The van der Waals surface area contributed by atoms with E-state index in [2.05, 4.69) is 10.6 Å². The minimum atomic E-state index is -0.962. The van der Waals surface area contributed by atoms with E-state index in [1.54, 1.807) is 11.8 Å². The van der Waals surface area contributed by atoms with Crippen LogP contribution in [0.3, 0.4) is 0 Å². The molecule has 0 aromatic rings. The monoisotopic (exact) mass is 232 g/mol. The molecule has 0 bridgehead atoms. The van der Waals surface area contributed by atoms with E-state index in [1.807, 2.05) is 6.92 Å². The number of rotatable bonds is 5. The maximum atomic E-state index is 11.6. The van der Waals surface area contributed by atoms with Gasteiger partial charge in [-0.3, -0.25) is 10.1 Å². The molecule has 1 aliphatic heterocycles. The molecule has 0 aliphatic carbocycles. The van der Waals surface area contributed by atoms with E-state index in [-0.39, 0.29) is 11.9 Å². The van der Waals surface area contributed by atoms with Gasteiger partial charge in [0.2, 0.25) is 5.91 Å². The molecule has 1 saturated heterocycles. The Morgan fingerprint density at radius 1 is 1.67 bits per heavy atom. The average molecular weight is 232 g/mol. The highest BCUT2D eigenvalue weighted by molar-refractivity contribution is 7.99. The Hall–Kier alpha value is -0.750. The molecule has 5 nitrogen and oxygen atoms in total. The molecule has 15 heavy (non-hydrogen) atoms. The van der Waals surface area contributed by atoms with E-state index >= 15 is 0 Å². The van der Waals surface area contributed by atoms with Gasteiger partial charge in [0.25, 0.3) is 0 Å². The maximum Gasteiger partial charge on any atom is 0.326 e. The molecule has 1 rings (SSSR count). The second-order valence-electron chi connectivity index (χ2n) is 3.46. The lowest BCUT2D eigenvalue weighted by Gasteiger charge is -2.16. The number of carbonyl (C=O) groups is 2. The highest BCUT2D eigenvalue weighted by atomic mass is 32.2. The smallest absolute Gasteiger partial charge is 0.326 e. The van der Waals surface area contributed by atoms with Crippen LogP contribution >= 0.6 is 11.8 Å². The Labute approximate surface area is 93.0 Å². The number of hydrogen-bond donors (Lipinski definition) is 3. The second kappa shape index (κ2) is 5.97. The molecule has 1 aliphatic rings. The minimum absolute atomic E-state index is 0.208. The van der Waals surface area contributed by atoms with Crippen LogP contribution in [0.1, 0.15) is 19.8 Å². The molecular weight excluding hydrogens is 216 g/mol. The summed E-state index contributed by atoms with van der Waals surface area (Å²) in [5.74, 6) is 0.296. The lowest BCUT2D eigenvalue weighted by molar-refractivity contribution is -0.142. The van der Waals surface area contributed by atoms with Crippen LogP contribution in [0.2, 0.25) is 0 Å². The molecule has 3 N–H and O–H groups in total. The molecule has 1 heterocycles. The van der Waals surface area contributed by atoms with Gasteiger partial charge in [0.15, 0.2) is 0 Å². The Morgan fingerprint density at radius 3 is 2.87 bits per heavy atom. The summed E-state index contributed by atoms with van der Waals surface area (Å²) in [5, 5.41) is 14.4. The Morgan fingerprint density at radius 2 is 2.40 bits per heavy atom. The molecule has 86 valence electrons. The molecule has 1 amide bonds. The number of carboxylic acid groups (broad SMARTS) is 1. The second-order valence-corrected chi connectivity index (χ2v) is 4.49. The fraction of sp³-hybridized carbons (Fsp3) is 0.778. The van der Waals surface area contributed by atoms with Gasteiger partial charge in [0.05, 0.1) is 6.04 Å². The van der Waals surface area contributed by atoms with Crippen molar-refractivity contribution < 1.29 is 14.7 Å². The van der Waals surface area contributed by atoms with Crippen molar-refractivity contribution in [3.05, 3.63) is 0 Å². The first-order chi connectivity index (χ1) is 7.15. The number of amides is 1. The van der Waals surface area contributed by atoms with Crippen molar-refractivity contribution in [3.8, 4) is 0 Å². The van der Waals surface area contributed by atoms with Crippen LogP contribution < -0.4 is 10.6 Å². The standard InChI is InChI=1S/C9H16N2O3S/c1-2-3-6(9(13)14)11-8(12)7-4-15-5-10-7/h6-7,10H,2-5H2,1H3,(H,11,12)(H,13,14). The van der Waals surface area contributed by atoms with Gasteiger partial charge in [-0.05, 0) is 6.42 Å². The quantitative estimate of drug-likeness (QED) is 0.623.